The van der Waals surface area contributed by atoms with E-state index >= 15 is 0 Å². The highest BCUT2D eigenvalue weighted by Crippen LogP contribution is 2.22. The minimum Gasteiger partial charge on any atom is -0.349 e. The van der Waals surface area contributed by atoms with E-state index in [9.17, 15) is 4.79 Å². The van der Waals surface area contributed by atoms with Gasteiger partial charge in [-0.1, -0.05) is 23.9 Å². The van der Waals surface area contributed by atoms with Crippen LogP contribution in [0.25, 0.3) is 0 Å². The minimum atomic E-state index is -0.0125. The Balaban J connectivity index is 1.96. The molecule has 1 atom stereocenters. The number of nitrogens with one attached hydrogen (secondary N) is 2. The quantitative estimate of drug-likeness (QED) is 0.833. The van der Waals surface area contributed by atoms with Gasteiger partial charge in [0.05, 0.1) is 11.8 Å². The van der Waals surface area contributed by atoms with Crippen LogP contribution < -0.4 is 5.32 Å². The number of thioether (sulfide) groups is 1. The first-order valence-electron chi connectivity index (χ1n) is 6.82. The Kier molecular flexibility index (Phi) is 5.01. The summed E-state index contributed by atoms with van der Waals surface area (Å²) in [5, 5.41) is 10.1. The van der Waals surface area contributed by atoms with Gasteiger partial charge in [0.2, 0.25) is 5.91 Å². The molecule has 21 heavy (non-hydrogen) atoms. The van der Waals surface area contributed by atoms with Crippen LogP contribution in [0.4, 0.5) is 0 Å². The molecule has 6 heteroatoms. The van der Waals surface area contributed by atoms with Gasteiger partial charge in [-0.15, -0.1) is 0 Å². The lowest BCUT2D eigenvalue weighted by Gasteiger charge is -2.18. The topological polar surface area (TPSA) is 70.7 Å². The van der Waals surface area contributed by atoms with Gasteiger partial charge in [0.1, 0.15) is 6.33 Å². The van der Waals surface area contributed by atoms with Crippen LogP contribution in [-0.2, 0) is 4.79 Å². The second-order valence-corrected chi connectivity index (χ2v) is 6.13. The van der Waals surface area contributed by atoms with Crippen LogP contribution in [0, 0.1) is 20.8 Å². The summed E-state index contributed by atoms with van der Waals surface area (Å²) in [5.74, 6) is 0.310. The Bertz CT molecular complexity index is 625. The summed E-state index contributed by atoms with van der Waals surface area (Å²) in [6.45, 7) is 8.28. The average molecular weight is 304 g/mol. The number of aromatic nitrogens is 3. The fourth-order valence-corrected chi connectivity index (χ4v) is 2.80. The van der Waals surface area contributed by atoms with E-state index in [1.807, 2.05) is 6.92 Å². The van der Waals surface area contributed by atoms with E-state index in [2.05, 4.69) is 53.4 Å². The summed E-state index contributed by atoms with van der Waals surface area (Å²) < 4.78 is 0. The van der Waals surface area contributed by atoms with Crippen LogP contribution in [0.3, 0.4) is 0 Å². The third kappa shape index (κ3) is 4.07. The van der Waals surface area contributed by atoms with E-state index < -0.39 is 0 Å². The Labute approximate surface area is 128 Å². The van der Waals surface area contributed by atoms with E-state index in [0.717, 1.165) is 5.56 Å². The molecular weight excluding hydrogens is 284 g/mol. The van der Waals surface area contributed by atoms with E-state index in [0.29, 0.717) is 10.9 Å². The predicted molar refractivity (Wildman–Crippen MR) is 84.3 cm³/mol. The van der Waals surface area contributed by atoms with E-state index in [4.69, 9.17) is 0 Å². The van der Waals surface area contributed by atoms with Gasteiger partial charge in [0.25, 0.3) is 0 Å². The van der Waals surface area contributed by atoms with Crippen molar-refractivity contribution >= 4 is 17.7 Å². The number of aryl methyl sites for hydroxylation is 3. The maximum absolute atomic E-state index is 12.0. The van der Waals surface area contributed by atoms with Crippen LogP contribution in [-0.4, -0.2) is 26.8 Å². The molecule has 0 fully saturated rings. The molecule has 5 nitrogen and oxygen atoms in total. The number of amides is 1. The molecule has 1 amide bonds. The maximum atomic E-state index is 12.0. The van der Waals surface area contributed by atoms with E-state index in [1.165, 1.54) is 34.8 Å². The van der Waals surface area contributed by atoms with Gasteiger partial charge < -0.3 is 5.32 Å². The first-order valence-corrected chi connectivity index (χ1v) is 7.81. The first-order chi connectivity index (χ1) is 9.97. The first kappa shape index (κ1) is 15.6. The zero-order valence-corrected chi connectivity index (χ0v) is 13.5. The SMILES string of the molecule is Cc1cc(C)c([C@@H](C)NC(=O)CSc2ncn[nH]2)cc1C. The highest BCUT2D eigenvalue weighted by Gasteiger charge is 2.13. The molecule has 0 aliphatic carbocycles. The number of benzene rings is 1. The van der Waals surface area contributed by atoms with Gasteiger partial charge in [0.15, 0.2) is 5.16 Å². The second-order valence-electron chi connectivity index (χ2n) is 5.16. The van der Waals surface area contributed by atoms with Crippen molar-refractivity contribution in [2.75, 3.05) is 5.75 Å². The van der Waals surface area contributed by atoms with Crippen LogP contribution in [0.5, 0.6) is 0 Å². The van der Waals surface area contributed by atoms with Crippen molar-refractivity contribution in [2.45, 2.75) is 38.9 Å². The van der Waals surface area contributed by atoms with E-state index in [1.54, 1.807) is 0 Å². The van der Waals surface area contributed by atoms with Gasteiger partial charge >= 0.3 is 0 Å². The molecule has 0 unspecified atom stereocenters. The fourth-order valence-electron chi connectivity index (χ4n) is 2.21. The Morgan fingerprint density at radius 1 is 1.29 bits per heavy atom. The average Bonchev–Trinajstić information content (AvgIpc) is 2.93. The van der Waals surface area contributed by atoms with Crippen molar-refractivity contribution in [1.29, 1.82) is 0 Å². The van der Waals surface area contributed by atoms with Crippen molar-refractivity contribution in [2.24, 2.45) is 0 Å². The molecule has 0 spiro atoms. The maximum Gasteiger partial charge on any atom is 0.230 e. The molecule has 0 radical (unpaired) electrons. The van der Waals surface area contributed by atoms with Crippen molar-refractivity contribution in [1.82, 2.24) is 20.5 Å². The molecule has 2 aromatic rings. The largest absolute Gasteiger partial charge is 0.349 e. The molecule has 0 saturated heterocycles. The number of carbonyl (C=O) groups excluding carboxylic acids is 1. The second kappa shape index (κ2) is 6.76. The number of aromatic amines is 1. The normalized spacial score (nSPS) is 12.2. The van der Waals surface area contributed by atoms with E-state index in [-0.39, 0.29) is 11.9 Å². The van der Waals surface area contributed by atoms with Crippen LogP contribution >= 0.6 is 11.8 Å². The summed E-state index contributed by atoms with van der Waals surface area (Å²) in [4.78, 5) is 16.0. The number of hydrogen-bond donors (Lipinski definition) is 2. The molecule has 112 valence electrons. The number of H-pyrrole nitrogens is 1. The number of rotatable bonds is 5. The highest BCUT2D eigenvalue weighted by molar-refractivity contribution is 7.99. The van der Waals surface area contributed by atoms with Gasteiger partial charge in [-0.25, -0.2) is 4.98 Å². The van der Waals surface area contributed by atoms with Crippen molar-refractivity contribution in [3.63, 3.8) is 0 Å². The monoisotopic (exact) mass is 304 g/mol. The molecule has 1 aromatic carbocycles. The summed E-state index contributed by atoms with van der Waals surface area (Å²) in [6, 6.07) is 4.31. The van der Waals surface area contributed by atoms with Gasteiger partial charge in [-0.3, -0.25) is 9.89 Å². The van der Waals surface area contributed by atoms with Crippen LogP contribution in [0.2, 0.25) is 0 Å². The molecule has 0 bridgehead atoms. The van der Waals surface area contributed by atoms with Crippen molar-refractivity contribution in [3.8, 4) is 0 Å². The molecule has 1 heterocycles. The predicted octanol–water partition coefficient (Wildman–Crippen LogP) is 2.70. The standard InChI is InChI=1S/C15H20N4OS/c1-9-5-11(3)13(6-10(9)2)12(4)18-14(20)7-21-15-16-8-17-19-15/h5-6,8,12H,7H2,1-4H3,(H,18,20)(H,16,17,19)/t12-/m1/s1. The summed E-state index contributed by atoms with van der Waals surface area (Å²) >= 11 is 1.34. The fraction of sp³-hybridized carbons (Fsp3) is 0.400. The Hall–Kier alpha value is -1.82. The van der Waals surface area contributed by atoms with Crippen LogP contribution in [0.1, 0.15) is 35.2 Å². The molecule has 0 aliphatic rings. The highest BCUT2D eigenvalue weighted by atomic mass is 32.2. The van der Waals surface area contributed by atoms with Crippen LogP contribution in [0.15, 0.2) is 23.6 Å². The third-order valence-electron chi connectivity index (χ3n) is 3.46. The molecule has 0 aliphatic heterocycles. The summed E-state index contributed by atoms with van der Waals surface area (Å²) in [7, 11) is 0. The Morgan fingerprint density at radius 3 is 2.67 bits per heavy atom. The third-order valence-corrected chi connectivity index (χ3v) is 4.34. The number of carbonyl (C=O) groups is 1. The lowest BCUT2D eigenvalue weighted by molar-refractivity contribution is -0.119. The van der Waals surface area contributed by atoms with Gasteiger partial charge in [-0.05, 0) is 49.9 Å². The van der Waals surface area contributed by atoms with Crippen molar-refractivity contribution < 1.29 is 4.79 Å². The molecule has 0 saturated carbocycles. The zero-order chi connectivity index (χ0) is 15.4. The summed E-state index contributed by atoms with van der Waals surface area (Å²) in [5.41, 5.74) is 4.88. The molecule has 2 N–H and O–H groups in total. The number of hydrogen-bond acceptors (Lipinski definition) is 4. The van der Waals surface area contributed by atoms with Gasteiger partial charge in [-0.2, -0.15) is 5.10 Å². The minimum absolute atomic E-state index is 0.00729. The molecular formula is C15H20N4OS. The molecule has 2 rings (SSSR count). The number of nitrogens with zero attached hydrogens (tertiary/aromatic N) is 2. The Morgan fingerprint density at radius 2 is 2.00 bits per heavy atom. The lowest BCUT2D eigenvalue weighted by Crippen LogP contribution is -2.28. The van der Waals surface area contributed by atoms with Crippen molar-refractivity contribution in [3.05, 3.63) is 40.7 Å². The summed E-state index contributed by atoms with van der Waals surface area (Å²) in [6.07, 6.45) is 1.43. The molecule has 1 aromatic heterocycles. The smallest absolute Gasteiger partial charge is 0.230 e. The lowest BCUT2D eigenvalue weighted by atomic mass is 9.96. The van der Waals surface area contributed by atoms with Gasteiger partial charge in [0, 0.05) is 0 Å². The zero-order valence-electron chi connectivity index (χ0n) is 12.7.